The van der Waals surface area contributed by atoms with Crippen LogP contribution in [0.5, 0.6) is 0 Å². The number of esters is 1. The highest BCUT2D eigenvalue weighted by molar-refractivity contribution is 7.16. The monoisotopic (exact) mass is 436 g/mol. The number of furan rings is 1. The number of amides is 1. The van der Waals surface area contributed by atoms with Crippen LogP contribution in [0.4, 0.5) is 5.00 Å². The molecule has 2 aliphatic rings. The molecule has 3 aromatic rings. The minimum atomic E-state index is -0.412. The quantitative estimate of drug-likeness (QED) is 0.552. The SMILES string of the molecule is CCOC(=O)c1ccc(-c2ccc(C3NC(=O)c4c(sc5c4CCC(C)C5)N3)o2)cc1. The Labute approximate surface area is 184 Å². The molecule has 2 N–H and O–H groups in total. The second-order valence-electron chi connectivity index (χ2n) is 8.11. The lowest BCUT2D eigenvalue weighted by molar-refractivity contribution is 0.0526. The fourth-order valence-electron chi connectivity index (χ4n) is 4.25. The molecule has 0 radical (unpaired) electrons. The van der Waals surface area contributed by atoms with Crippen molar-refractivity contribution in [2.24, 2.45) is 5.92 Å². The van der Waals surface area contributed by atoms with Crippen molar-refractivity contribution in [3.05, 3.63) is 63.7 Å². The second-order valence-corrected chi connectivity index (χ2v) is 9.21. The van der Waals surface area contributed by atoms with Gasteiger partial charge in [0, 0.05) is 10.4 Å². The highest BCUT2D eigenvalue weighted by atomic mass is 32.1. The summed E-state index contributed by atoms with van der Waals surface area (Å²) in [7, 11) is 0. The highest BCUT2D eigenvalue weighted by Crippen LogP contribution is 2.42. The van der Waals surface area contributed by atoms with Crippen LogP contribution in [-0.2, 0) is 17.6 Å². The number of ether oxygens (including phenoxy) is 1. The van der Waals surface area contributed by atoms with Gasteiger partial charge in [0.15, 0.2) is 6.17 Å². The van der Waals surface area contributed by atoms with Crippen molar-refractivity contribution >= 4 is 28.2 Å². The number of rotatable bonds is 4. The number of fused-ring (bicyclic) bond motifs is 3. The van der Waals surface area contributed by atoms with E-state index in [1.54, 1.807) is 30.4 Å². The summed E-state index contributed by atoms with van der Waals surface area (Å²) in [6, 6.07) is 10.8. The topological polar surface area (TPSA) is 80.6 Å². The maximum atomic E-state index is 12.9. The predicted octanol–water partition coefficient (Wildman–Crippen LogP) is 5.16. The van der Waals surface area contributed by atoms with Gasteiger partial charge in [0.25, 0.3) is 5.91 Å². The Morgan fingerprint density at radius 1 is 1.19 bits per heavy atom. The van der Waals surface area contributed by atoms with E-state index in [9.17, 15) is 9.59 Å². The summed E-state index contributed by atoms with van der Waals surface area (Å²) in [5.74, 6) is 1.60. The van der Waals surface area contributed by atoms with Gasteiger partial charge in [-0.1, -0.05) is 19.1 Å². The van der Waals surface area contributed by atoms with Gasteiger partial charge in [0.1, 0.15) is 16.5 Å². The molecule has 1 aliphatic heterocycles. The van der Waals surface area contributed by atoms with Gasteiger partial charge < -0.3 is 19.8 Å². The molecular weight excluding hydrogens is 412 g/mol. The molecule has 6 nitrogen and oxygen atoms in total. The standard InChI is InChI=1S/C24H24N2O4S/c1-3-29-24(28)15-7-5-14(6-8-15)17-10-11-18(30-17)21-25-22(27)20-16-9-4-13(2)12-19(16)31-23(20)26-21/h5-8,10-11,13,21,26H,3-4,9,12H2,1-2H3,(H,25,27). The van der Waals surface area contributed by atoms with Crippen LogP contribution in [0.2, 0.25) is 0 Å². The van der Waals surface area contributed by atoms with E-state index in [1.165, 1.54) is 10.4 Å². The van der Waals surface area contributed by atoms with Gasteiger partial charge in [-0.05, 0) is 61.9 Å². The fraction of sp³-hybridized carbons (Fsp3) is 0.333. The van der Waals surface area contributed by atoms with Crippen LogP contribution in [0, 0.1) is 5.92 Å². The summed E-state index contributed by atoms with van der Waals surface area (Å²) in [6.07, 6.45) is 2.72. The number of nitrogens with one attached hydrogen (secondary N) is 2. The summed E-state index contributed by atoms with van der Waals surface area (Å²) in [5, 5.41) is 7.43. The van der Waals surface area contributed by atoms with Gasteiger partial charge in [-0.2, -0.15) is 0 Å². The zero-order valence-electron chi connectivity index (χ0n) is 17.5. The van der Waals surface area contributed by atoms with E-state index < -0.39 is 6.17 Å². The number of thiophene rings is 1. The predicted molar refractivity (Wildman–Crippen MR) is 119 cm³/mol. The maximum Gasteiger partial charge on any atom is 0.338 e. The molecule has 1 aliphatic carbocycles. The minimum Gasteiger partial charge on any atom is -0.462 e. The molecule has 2 unspecified atom stereocenters. The molecule has 31 heavy (non-hydrogen) atoms. The second kappa shape index (κ2) is 7.89. The molecule has 1 amide bonds. The van der Waals surface area contributed by atoms with Crippen LogP contribution in [0.3, 0.4) is 0 Å². The Hall–Kier alpha value is -3.06. The molecule has 7 heteroatoms. The Kier molecular flexibility index (Phi) is 5.06. The Balaban J connectivity index is 1.36. The van der Waals surface area contributed by atoms with Crippen LogP contribution >= 0.6 is 11.3 Å². The lowest BCUT2D eigenvalue weighted by Crippen LogP contribution is -2.38. The molecule has 1 aromatic carbocycles. The lowest BCUT2D eigenvalue weighted by atomic mass is 9.88. The lowest BCUT2D eigenvalue weighted by Gasteiger charge is -2.25. The maximum absolute atomic E-state index is 12.9. The minimum absolute atomic E-state index is 0.0393. The van der Waals surface area contributed by atoms with Gasteiger partial charge in [-0.3, -0.25) is 4.79 Å². The van der Waals surface area contributed by atoms with Crippen molar-refractivity contribution in [1.82, 2.24) is 5.32 Å². The van der Waals surface area contributed by atoms with Crippen molar-refractivity contribution in [1.29, 1.82) is 0 Å². The number of hydrogen-bond acceptors (Lipinski definition) is 6. The number of benzene rings is 1. The van der Waals surface area contributed by atoms with E-state index in [0.717, 1.165) is 35.4 Å². The van der Waals surface area contributed by atoms with Gasteiger partial charge in [0.2, 0.25) is 0 Å². The zero-order chi connectivity index (χ0) is 21.5. The number of anilines is 1. The van der Waals surface area contributed by atoms with E-state index in [2.05, 4.69) is 17.6 Å². The van der Waals surface area contributed by atoms with Crippen molar-refractivity contribution in [2.45, 2.75) is 39.3 Å². The number of carbonyl (C=O) groups excluding carboxylic acids is 2. The van der Waals surface area contributed by atoms with Crippen molar-refractivity contribution in [3.8, 4) is 11.3 Å². The molecule has 0 saturated carbocycles. The van der Waals surface area contributed by atoms with Crippen LogP contribution in [0.15, 0.2) is 40.8 Å². The summed E-state index contributed by atoms with van der Waals surface area (Å²) in [4.78, 5) is 26.0. The van der Waals surface area contributed by atoms with Gasteiger partial charge in [-0.25, -0.2) is 4.79 Å². The third-order valence-electron chi connectivity index (χ3n) is 5.88. The summed E-state index contributed by atoms with van der Waals surface area (Å²) < 4.78 is 11.1. The van der Waals surface area contributed by atoms with Gasteiger partial charge in [-0.15, -0.1) is 11.3 Å². The molecule has 3 heterocycles. The van der Waals surface area contributed by atoms with Crippen LogP contribution in [-0.4, -0.2) is 18.5 Å². The van der Waals surface area contributed by atoms with Crippen LogP contribution in [0.1, 0.15) is 63.4 Å². The van der Waals surface area contributed by atoms with E-state index in [-0.39, 0.29) is 11.9 Å². The Morgan fingerprint density at radius 2 is 2.00 bits per heavy atom. The van der Waals surface area contributed by atoms with Gasteiger partial charge >= 0.3 is 5.97 Å². The fourth-order valence-corrected chi connectivity index (χ4v) is 5.69. The summed E-state index contributed by atoms with van der Waals surface area (Å²) >= 11 is 1.70. The molecule has 2 atom stereocenters. The van der Waals surface area contributed by atoms with E-state index in [1.807, 2.05) is 24.3 Å². The average Bonchev–Trinajstić information content (AvgIpc) is 3.38. The molecule has 0 saturated heterocycles. The third kappa shape index (κ3) is 3.63. The Bertz CT molecular complexity index is 1150. The molecule has 0 spiro atoms. The van der Waals surface area contributed by atoms with Crippen LogP contribution < -0.4 is 10.6 Å². The Morgan fingerprint density at radius 3 is 2.77 bits per heavy atom. The first-order chi connectivity index (χ1) is 15.0. The first-order valence-electron chi connectivity index (χ1n) is 10.6. The molecular formula is C24H24N2O4S. The summed E-state index contributed by atoms with van der Waals surface area (Å²) in [6.45, 7) is 4.39. The van der Waals surface area contributed by atoms with Crippen LogP contribution in [0.25, 0.3) is 11.3 Å². The normalized spacial score (nSPS) is 19.7. The van der Waals surface area contributed by atoms with E-state index in [0.29, 0.717) is 29.6 Å². The third-order valence-corrected chi connectivity index (χ3v) is 7.07. The molecule has 0 bridgehead atoms. The van der Waals surface area contributed by atoms with E-state index in [4.69, 9.17) is 9.15 Å². The highest BCUT2D eigenvalue weighted by Gasteiger charge is 2.34. The van der Waals surface area contributed by atoms with Crippen molar-refractivity contribution < 1.29 is 18.7 Å². The van der Waals surface area contributed by atoms with E-state index >= 15 is 0 Å². The molecule has 2 aromatic heterocycles. The number of hydrogen-bond donors (Lipinski definition) is 2. The molecule has 160 valence electrons. The largest absolute Gasteiger partial charge is 0.462 e. The van der Waals surface area contributed by atoms with Gasteiger partial charge in [0.05, 0.1) is 17.7 Å². The molecule has 0 fully saturated rings. The smallest absolute Gasteiger partial charge is 0.338 e. The average molecular weight is 437 g/mol. The molecule has 5 rings (SSSR count). The van der Waals surface area contributed by atoms with Crippen molar-refractivity contribution in [3.63, 3.8) is 0 Å². The first kappa shape index (κ1) is 19.9. The number of carbonyl (C=O) groups is 2. The summed E-state index contributed by atoms with van der Waals surface area (Å²) in [5.41, 5.74) is 3.37. The first-order valence-corrected chi connectivity index (χ1v) is 11.4. The zero-order valence-corrected chi connectivity index (χ0v) is 18.3. The van der Waals surface area contributed by atoms with Crippen molar-refractivity contribution in [2.75, 3.05) is 11.9 Å².